The Morgan fingerprint density at radius 2 is 2.00 bits per heavy atom. The van der Waals surface area contributed by atoms with Crippen molar-refractivity contribution in [3.8, 4) is 11.1 Å². The fourth-order valence-corrected chi connectivity index (χ4v) is 5.77. The van der Waals surface area contributed by atoms with E-state index in [-0.39, 0.29) is 17.4 Å². The third kappa shape index (κ3) is 2.73. The summed E-state index contributed by atoms with van der Waals surface area (Å²) in [5.41, 5.74) is 3.31. The predicted octanol–water partition coefficient (Wildman–Crippen LogP) is 4.63. The van der Waals surface area contributed by atoms with Crippen LogP contribution in [0.25, 0.3) is 21.2 Å². The molecule has 5 rings (SSSR count). The summed E-state index contributed by atoms with van der Waals surface area (Å²) in [5.74, 6) is 0.0335. The Morgan fingerprint density at radius 1 is 1.21 bits per heavy atom. The first-order valence-corrected chi connectivity index (χ1v) is 10.5. The third-order valence-electron chi connectivity index (χ3n) is 5.79. The standard InChI is InChI=1S/C22H19ClN2O2S/c1-13-4-2-3-5-15(13)14-6-7-16-17(10-14)28-20(19(16)23)21(27)25-11-22(12-25)9-8-18(26)24-22/h2-7,10H,8-9,11-12H2,1H3,(H,24,26). The molecular formula is C22H19ClN2O2S. The van der Waals surface area contributed by atoms with Crippen molar-refractivity contribution in [1.29, 1.82) is 0 Å². The van der Waals surface area contributed by atoms with Crippen molar-refractivity contribution in [3.05, 3.63) is 57.9 Å². The minimum absolute atomic E-state index is 0.0459. The number of carbonyl (C=O) groups excluding carboxylic acids is 2. The SMILES string of the molecule is Cc1ccccc1-c1ccc2c(Cl)c(C(=O)N3CC4(CCC(=O)N4)C3)sc2c1. The Balaban J connectivity index is 1.44. The van der Waals surface area contributed by atoms with Gasteiger partial charge in [-0.2, -0.15) is 0 Å². The first-order chi connectivity index (χ1) is 13.5. The van der Waals surface area contributed by atoms with Crippen molar-refractivity contribution in [2.45, 2.75) is 25.3 Å². The number of halogens is 1. The minimum Gasteiger partial charge on any atom is -0.347 e. The molecule has 1 N–H and O–H groups in total. The molecule has 3 aromatic rings. The summed E-state index contributed by atoms with van der Waals surface area (Å²) >= 11 is 8.02. The molecule has 142 valence electrons. The van der Waals surface area contributed by atoms with E-state index in [0.29, 0.717) is 29.4 Å². The number of rotatable bonds is 2. The maximum absolute atomic E-state index is 13.0. The van der Waals surface area contributed by atoms with Crippen LogP contribution in [0.5, 0.6) is 0 Å². The van der Waals surface area contributed by atoms with Crippen molar-refractivity contribution < 1.29 is 9.59 Å². The highest BCUT2D eigenvalue weighted by molar-refractivity contribution is 7.21. The zero-order valence-electron chi connectivity index (χ0n) is 15.4. The molecule has 2 aliphatic rings. The lowest BCUT2D eigenvalue weighted by atomic mass is 9.88. The van der Waals surface area contributed by atoms with Crippen LogP contribution in [0.4, 0.5) is 0 Å². The Kier molecular flexibility index (Phi) is 4.00. The van der Waals surface area contributed by atoms with Crippen LogP contribution < -0.4 is 5.32 Å². The molecule has 2 amide bonds. The number of carbonyl (C=O) groups is 2. The molecular weight excluding hydrogens is 392 g/mol. The smallest absolute Gasteiger partial charge is 0.265 e. The lowest BCUT2D eigenvalue weighted by molar-refractivity contribution is -0.120. The molecule has 2 fully saturated rings. The van der Waals surface area contributed by atoms with Gasteiger partial charge in [0.2, 0.25) is 5.91 Å². The van der Waals surface area contributed by atoms with E-state index in [1.807, 2.05) is 18.2 Å². The van der Waals surface area contributed by atoms with Crippen LogP contribution in [0, 0.1) is 6.92 Å². The molecule has 3 heterocycles. The Hall–Kier alpha value is -2.37. The normalized spacial score (nSPS) is 17.8. The Bertz CT molecular complexity index is 1130. The van der Waals surface area contributed by atoms with Crippen molar-refractivity contribution in [1.82, 2.24) is 10.2 Å². The number of nitrogens with one attached hydrogen (secondary N) is 1. The zero-order valence-corrected chi connectivity index (χ0v) is 17.0. The maximum Gasteiger partial charge on any atom is 0.265 e. The summed E-state index contributed by atoms with van der Waals surface area (Å²) < 4.78 is 1.01. The topological polar surface area (TPSA) is 49.4 Å². The highest BCUT2D eigenvalue weighted by atomic mass is 35.5. The van der Waals surface area contributed by atoms with Crippen LogP contribution in [0.3, 0.4) is 0 Å². The summed E-state index contributed by atoms with van der Waals surface area (Å²) in [7, 11) is 0. The minimum atomic E-state index is -0.214. The molecule has 4 nitrogen and oxygen atoms in total. The second-order valence-electron chi connectivity index (χ2n) is 7.76. The van der Waals surface area contributed by atoms with E-state index in [2.05, 4.69) is 36.5 Å². The second kappa shape index (κ2) is 6.33. The molecule has 0 saturated carbocycles. The Morgan fingerprint density at radius 3 is 2.71 bits per heavy atom. The van der Waals surface area contributed by atoms with E-state index >= 15 is 0 Å². The third-order valence-corrected chi connectivity index (χ3v) is 7.43. The van der Waals surface area contributed by atoms with Gasteiger partial charge in [-0.1, -0.05) is 48.0 Å². The average molecular weight is 411 g/mol. The number of likely N-dealkylation sites (tertiary alicyclic amines) is 1. The molecule has 0 unspecified atom stereocenters. The van der Waals surface area contributed by atoms with Crippen LogP contribution in [0.2, 0.25) is 5.02 Å². The van der Waals surface area contributed by atoms with E-state index in [1.54, 1.807) is 4.90 Å². The van der Waals surface area contributed by atoms with Gasteiger partial charge in [-0.25, -0.2) is 0 Å². The number of thiophene rings is 1. The largest absolute Gasteiger partial charge is 0.347 e. The summed E-state index contributed by atoms with van der Waals surface area (Å²) in [5, 5.41) is 4.45. The first-order valence-electron chi connectivity index (χ1n) is 9.34. The van der Waals surface area contributed by atoms with Crippen molar-refractivity contribution >= 4 is 44.8 Å². The van der Waals surface area contributed by atoms with Crippen LogP contribution in [0.15, 0.2) is 42.5 Å². The van der Waals surface area contributed by atoms with Crippen molar-refractivity contribution in [3.63, 3.8) is 0 Å². The van der Waals surface area contributed by atoms with E-state index in [9.17, 15) is 9.59 Å². The summed E-state index contributed by atoms with van der Waals surface area (Å²) in [4.78, 5) is 26.9. The lowest BCUT2D eigenvalue weighted by Gasteiger charge is -2.47. The van der Waals surface area contributed by atoms with Crippen molar-refractivity contribution in [2.24, 2.45) is 0 Å². The Labute approximate surface area is 172 Å². The van der Waals surface area contributed by atoms with Gasteiger partial charge in [-0.15, -0.1) is 11.3 Å². The van der Waals surface area contributed by atoms with Crippen LogP contribution >= 0.6 is 22.9 Å². The molecule has 0 bridgehead atoms. The van der Waals surface area contributed by atoms with Gasteiger partial charge in [0.15, 0.2) is 0 Å². The highest BCUT2D eigenvalue weighted by Crippen LogP contribution is 2.40. The molecule has 2 saturated heterocycles. The number of hydrogen-bond acceptors (Lipinski definition) is 3. The van der Waals surface area contributed by atoms with Gasteiger partial charge in [-0.3, -0.25) is 9.59 Å². The number of nitrogens with zero attached hydrogens (tertiary/aromatic N) is 1. The molecule has 0 atom stereocenters. The molecule has 1 aromatic heterocycles. The fraction of sp³-hybridized carbons (Fsp3) is 0.273. The summed E-state index contributed by atoms with van der Waals surface area (Å²) in [6.07, 6.45) is 1.35. The van der Waals surface area contributed by atoms with E-state index < -0.39 is 0 Å². The molecule has 0 radical (unpaired) electrons. The zero-order chi connectivity index (χ0) is 19.5. The van der Waals surface area contributed by atoms with E-state index in [0.717, 1.165) is 22.1 Å². The number of benzene rings is 2. The average Bonchev–Trinajstić information content (AvgIpc) is 3.21. The molecule has 2 aliphatic heterocycles. The van der Waals surface area contributed by atoms with Gasteiger partial charge in [0.25, 0.3) is 5.91 Å². The van der Waals surface area contributed by atoms with Gasteiger partial charge in [-0.05, 0) is 36.1 Å². The summed E-state index contributed by atoms with van der Waals surface area (Å²) in [6, 6.07) is 14.4. The second-order valence-corrected chi connectivity index (χ2v) is 9.19. The van der Waals surface area contributed by atoms with Gasteiger partial charge < -0.3 is 10.2 Å². The monoisotopic (exact) mass is 410 g/mol. The molecule has 1 spiro atoms. The number of amides is 2. The van der Waals surface area contributed by atoms with E-state index in [4.69, 9.17) is 11.6 Å². The molecule has 2 aromatic carbocycles. The van der Waals surface area contributed by atoms with Crippen LogP contribution in [0.1, 0.15) is 28.1 Å². The van der Waals surface area contributed by atoms with Crippen LogP contribution in [-0.2, 0) is 4.79 Å². The molecule has 0 aliphatic carbocycles. The lowest BCUT2D eigenvalue weighted by Crippen LogP contribution is -2.68. The number of hydrogen-bond donors (Lipinski definition) is 1. The number of fused-ring (bicyclic) bond motifs is 1. The fourth-order valence-electron chi connectivity index (χ4n) is 4.25. The highest BCUT2D eigenvalue weighted by Gasteiger charge is 2.49. The summed E-state index contributed by atoms with van der Waals surface area (Å²) in [6.45, 7) is 3.23. The molecule has 6 heteroatoms. The molecule has 28 heavy (non-hydrogen) atoms. The predicted molar refractivity (Wildman–Crippen MR) is 113 cm³/mol. The van der Waals surface area contributed by atoms with Gasteiger partial charge in [0, 0.05) is 29.6 Å². The van der Waals surface area contributed by atoms with Gasteiger partial charge >= 0.3 is 0 Å². The maximum atomic E-state index is 13.0. The quantitative estimate of drug-likeness (QED) is 0.669. The van der Waals surface area contributed by atoms with Gasteiger partial charge in [0.1, 0.15) is 4.88 Å². The van der Waals surface area contributed by atoms with E-state index in [1.165, 1.54) is 22.5 Å². The van der Waals surface area contributed by atoms with Crippen molar-refractivity contribution in [2.75, 3.05) is 13.1 Å². The van der Waals surface area contributed by atoms with Crippen LogP contribution in [-0.4, -0.2) is 35.3 Å². The number of aryl methyl sites for hydroxylation is 1. The first kappa shape index (κ1) is 17.7. The van der Waals surface area contributed by atoms with Gasteiger partial charge in [0.05, 0.1) is 10.6 Å².